The standard InChI is InChI=1S/C22H28N4O4S2/c1-17(24-12-14-25(15-13-24)22(28)20-5-4-16-31-20)21(27)23-18-6-8-19(9-7-18)32(29,30)26-10-2-3-11-26/h4-9,16-17H,2-3,10-15H2,1H3,(H,23,27). The molecule has 1 N–H and O–H groups in total. The molecular formula is C22H28N4O4S2. The first-order valence-corrected chi connectivity index (χ1v) is 13.2. The topological polar surface area (TPSA) is 90.0 Å². The number of sulfonamides is 1. The molecule has 1 unspecified atom stereocenters. The Kier molecular flexibility index (Phi) is 6.94. The number of anilines is 1. The van der Waals surface area contributed by atoms with Gasteiger partial charge in [0, 0.05) is 45.0 Å². The summed E-state index contributed by atoms with van der Waals surface area (Å²) in [5.74, 6) is -0.112. The lowest BCUT2D eigenvalue weighted by atomic mass is 10.2. The Morgan fingerprint density at radius 1 is 0.969 bits per heavy atom. The Bertz CT molecular complexity index is 1040. The number of nitrogens with one attached hydrogen (secondary N) is 1. The lowest BCUT2D eigenvalue weighted by Gasteiger charge is -2.37. The third kappa shape index (κ3) is 4.88. The van der Waals surface area contributed by atoms with E-state index in [0.717, 1.165) is 17.7 Å². The first kappa shape index (κ1) is 22.9. The summed E-state index contributed by atoms with van der Waals surface area (Å²) in [5.41, 5.74) is 0.564. The van der Waals surface area contributed by atoms with E-state index < -0.39 is 10.0 Å². The van der Waals surface area contributed by atoms with Gasteiger partial charge in [-0.05, 0) is 55.5 Å². The van der Waals surface area contributed by atoms with Gasteiger partial charge < -0.3 is 10.2 Å². The summed E-state index contributed by atoms with van der Waals surface area (Å²) in [6.45, 7) is 5.37. The van der Waals surface area contributed by atoms with Crippen LogP contribution in [0.5, 0.6) is 0 Å². The normalized spacial score (nSPS) is 19.1. The van der Waals surface area contributed by atoms with Crippen molar-refractivity contribution in [3.8, 4) is 0 Å². The van der Waals surface area contributed by atoms with E-state index in [0.29, 0.717) is 45.0 Å². The molecule has 0 radical (unpaired) electrons. The number of thiophene rings is 1. The molecule has 4 rings (SSSR count). The Hall–Kier alpha value is -2.27. The molecule has 0 spiro atoms. The average molecular weight is 477 g/mol. The molecule has 8 nitrogen and oxygen atoms in total. The fourth-order valence-electron chi connectivity index (χ4n) is 4.07. The third-order valence-corrected chi connectivity index (χ3v) is 8.86. The van der Waals surface area contributed by atoms with E-state index >= 15 is 0 Å². The maximum absolute atomic E-state index is 12.7. The predicted molar refractivity (Wildman–Crippen MR) is 124 cm³/mol. The van der Waals surface area contributed by atoms with E-state index in [-0.39, 0.29) is 22.8 Å². The molecule has 2 amide bonds. The largest absolute Gasteiger partial charge is 0.335 e. The van der Waals surface area contributed by atoms with Gasteiger partial charge in [0.25, 0.3) is 5.91 Å². The van der Waals surface area contributed by atoms with Crippen LogP contribution >= 0.6 is 11.3 Å². The molecule has 2 aliphatic rings. The predicted octanol–water partition coefficient (Wildman–Crippen LogP) is 2.32. The van der Waals surface area contributed by atoms with Crippen LogP contribution in [0, 0.1) is 0 Å². The number of hydrogen-bond acceptors (Lipinski definition) is 6. The van der Waals surface area contributed by atoms with E-state index in [2.05, 4.69) is 10.2 Å². The minimum atomic E-state index is -3.47. The van der Waals surface area contributed by atoms with Gasteiger partial charge in [-0.2, -0.15) is 4.31 Å². The lowest BCUT2D eigenvalue weighted by molar-refractivity contribution is -0.121. The highest BCUT2D eigenvalue weighted by Crippen LogP contribution is 2.22. The van der Waals surface area contributed by atoms with Crippen molar-refractivity contribution in [3.63, 3.8) is 0 Å². The molecule has 0 bridgehead atoms. The summed E-state index contributed by atoms with van der Waals surface area (Å²) in [6, 6.07) is 9.69. The highest BCUT2D eigenvalue weighted by atomic mass is 32.2. The molecule has 2 aliphatic heterocycles. The quantitative estimate of drug-likeness (QED) is 0.691. The van der Waals surface area contributed by atoms with Gasteiger partial charge in [0.15, 0.2) is 0 Å². The molecule has 1 aromatic carbocycles. The van der Waals surface area contributed by atoms with Gasteiger partial charge in [-0.25, -0.2) is 8.42 Å². The summed E-state index contributed by atoms with van der Waals surface area (Å²) in [7, 11) is -3.47. The van der Waals surface area contributed by atoms with Crippen molar-refractivity contribution >= 4 is 38.9 Å². The molecule has 3 heterocycles. The second kappa shape index (κ2) is 9.70. The second-order valence-corrected chi connectivity index (χ2v) is 11.0. The van der Waals surface area contributed by atoms with Crippen molar-refractivity contribution in [3.05, 3.63) is 46.7 Å². The van der Waals surface area contributed by atoms with Gasteiger partial charge in [0.1, 0.15) is 0 Å². The number of carbonyl (C=O) groups excluding carboxylic acids is 2. The monoisotopic (exact) mass is 476 g/mol. The summed E-state index contributed by atoms with van der Waals surface area (Å²) in [6.07, 6.45) is 1.78. The van der Waals surface area contributed by atoms with Crippen LogP contribution in [0.3, 0.4) is 0 Å². The second-order valence-electron chi connectivity index (χ2n) is 8.11. The van der Waals surface area contributed by atoms with E-state index in [1.165, 1.54) is 15.6 Å². The Morgan fingerprint density at radius 3 is 2.22 bits per heavy atom. The van der Waals surface area contributed by atoms with Crippen molar-refractivity contribution < 1.29 is 18.0 Å². The van der Waals surface area contributed by atoms with Crippen LogP contribution in [-0.4, -0.2) is 79.6 Å². The van der Waals surface area contributed by atoms with Crippen LogP contribution in [-0.2, 0) is 14.8 Å². The molecule has 1 aromatic heterocycles. The van der Waals surface area contributed by atoms with Crippen molar-refractivity contribution in [2.45, 2.75) is 30.7 Å². The summed E-state index contributed by atoms with van der Waals surface area (Å²) >= 11 is 1.44. The first-order chi connectivity index (χ1) is 15.4. The molecule has 0 saturated carbocycles. The first-order valence-electron chi connectivity index (χ1n) is 10.8. The van der Waals surface area contributed by atoms with E-state index in [4.69, 9.17) is 0 Å². The molecule has 1 atom stereocenters. The Morgan fingerprint density at radius 2 is 1.62 bits per heavy atom. The number of benzene rings is 1. The number of hydrogen-bond donors (Lipinski definition) is 1. The van der Waals surface area contributed by atoms with Crippen LogP contribution in [0.4, 0.5) is 5.69 Å². The summed E-state index contributed by atoms with van der Waals surface area (Å²) in [4.78, 5) is 30.1. The highest BCUT2D eigenvalue weighted by Gasteiger charge is 2.29. The van der Waals surface area contributed by atoms with Gasteiger partial charge in [0.2, 0.25) is 15.9 Å². The molecule has 10 heteroatoms. The van der Waals surface area contributed by atoms with E-state index in [1.807, 2.05) is 29.3 Å². The van der Waals surface area contributed by atoms with Crippen molar-refractivity contribution in [2.75, 3.05) is 44.6 Å². The van der Waals surface area contributed by atoms with Crippen LogP contribution in [0.25, 0.3) is 0 Å². The fourth-order valence-corrected chi connectivity index (χ4v) is 6.28. The highest BCUT2D eigenvalue weighted by molar-refractivity contribution is 7.89. The maximum atomic E-state index is 12.7. The zero-order valence-corrected chi connectivity index (χ0v) is 19.7. The molecular weight excluding hydrogens is 448 g/mol. The van der Waals surface area contributed by atoms with Crippen molar-refractivity contribution in [2.24, 2.45) is 0 Å². The van der Waals surface area contributed by atoms with Gasteiger partial charge in [-0.3, -0.25) is 14.5 Å². The molecule has 2 saturated heterocycles. The molecule has 0 aliphatic carbocycles. The molecule has 2 aromatic rings. The van der Waals surface area contributed by atoms with Crippen LogP contribution in [0.15, 0.2) is 46.7 Å². The summed E-state index contributed by atoms with van der Waals surface area (Å²) in [5, 5.41) is 4.77. The lowest BCUT2D eigenvalue weighted by Crippen LogP contribution is -2.53. The zero-order valence-electron chi connectivity index (χ0n) is 18.1. The SMILES string of the molecule is CC(C(=O)Nc1ccc(S(=O)(=O)N2CCCC2)cc1)N1CCN(C(=O)c2cccs2)CC1. The average Bonchev–Trinajstić information content (AvgIpc) is 3.53. The fraction of sp³-hybridized carbons (Fsp3) is 0.455. The Labute approximate surface area is 192 Å². The molecule has 172 valence electrons. The van der Waals surface area contributed by atoms with Gasteiger partial charge in [-0.1, -0.05) is 6.07 Å². The number of amides is 2. The zero-order chi connectivity index (χ0) is 22.7. The minimum absolute atomic E-state index is 0.0423. The Balaban J connectivity index is 1.30. The van der Waals surface area contributed by atoms with Crippen molar-refractivity contribution in [1.29, 1.82) is 0 Å². The van der Waals surface area contributed by atoms with Crippen LogP contribution in [0.1, 0.15) is 29.4 Å². The number of piperazine rings is 1. The summed E-state index contributed by atoms with van der Waals surface area (Å²) < 4.78 is 26.8. The van der Waals surface area contributed by atoms with Crippen LogP contribution < -0.4 is 5.32 Å². The van der Waals surface area contributed by atoms with Crippen molar-refractivity contribution in [1.82, 2.24) is 14.1 Å². The third-order valence-electron chi connectivity index (χ3n) is 6.09. The number of carbonyl (C=O) groups is 2. The number of nitrogens with zero attached hydrogens (tertiary/aromatic N) is 3. The van der Waals surface area contributed by atoms with Gasteiger partial charge in [-0.15, -0.1) is 11.3 Å². The van der Waals surface area contributed by atoms with E-state index in [9.17, 15) is 18.0 Å². The van der Waals surface area contributed by atoms with E-state index in [1.54, 1.807) is 24.3 Å². The van der Waals surface area contributed by atoms with Gasteiger partial charge in [0.05, 0.1) is 15.8 Å². The van der Waals surface area contributed by atoms with Crippen LogP contribution in [0.2, 0.25) is 0 Å². The smallest absolute Gasteiger partial charge is 0.264 e. The molecule has 32 heavy (non-hydrogen) atoms. The number of rotatable bonds is 6. The van der Waals surface area contributed by atoms with Gasteiger partial charge >= 0.3 is 0 Å². The maximum Gasteiger partial charge on any atom is 0.264 e. The minimum Gasteiger partial charge on any atom is -0.335 e. The molecule has 2 fully saturated rings.